The van der Waals surface area contributed by atoms with Gasteiger partial charge in [-0.15, -0.1) is 0 Å². The Morgan fingerprint density at radius 1 is 1.17 bits per heavy atom. The molecule has 0 aliphatic heterocycles. The van der Waals surface area contributed by atoms with E-state index in [2.05, 4.69) is 19.2 Å². The molecule has 0 saturated carbocycles. The minimum atomic E-state index is 0.675. The third kappa shape index (κ3) is 6.62. The van der Waals surface area contributed by atoms with Crippen LogP contribution in [-0.4, -0.2) is 26.8 Å². The number of methoxy groups -OCH3 is 1. The quantitative estimate of drug-likeness (QED) is 0.685. The Morgan fingerprint density at radius 2 is 1.89 bits per heavy atom. The van der Waals surface area contributed by atoms with E-state index < -0.39 is 0 Å². The summed E-state index contributed by atoms with van der Waals surface area (Å²) in [6.45, 7) is 8.02. The highest BCUT2D eigenvalue weighted by Gasteiger charge is 1.96. The summed E-state index contributed by atoms with van der Waals surface area (Å²) >= 11 is 0. The molecule has 0 fully saturated rings. The van der Waals surface area contributed by atoms with E-state index in [0.29, 0.717) is 12.5 Å². The normalized spacial score (nSPS) is 10.9. The van der Waals surface area contributed by atoms with E-state index >= 15 is 0 Å². The van der Waals surface area contributed by atoms with E-state index in [1.807, 2.05) is 24.3 Å². The second-order valence-electron chi connectivity index (χ2n) is 4.85. The average molecular weight is 251 g/mol. The van der Waals surface area contributed by atoms with Crippen LogP contribution in [0.15, 0.2) is 24.3 Å². The van der Waals surface area contributed by atoms with Gasteiger partial charge < -0.3 is 14.8 Å². The summed E-state index contributed by atoms with van der Waals surface area (Å²) in [4.78, 5) is 0. The van der Waals surface area contributed by atoms with Crippen LogP contribution >= 0.6 is 0 Å². The van der Waals surface area contributed by atoms with E-state index in [4.69, 9.17) is 9.47 Å². The van der Waals surface area contributed by atoms with Crippen molar-refractivity contribution in [2.24, 2.45) is 5.92 Å². The summed E-state index contributed by atoms with van der Waals surface area (Å²) in [5.41, 5.74) is 1.19. The van der Waals surface area contributed by atoms with Gasteiger partial charge in [0.2, 0.25) is 0 Å². The van der Waals surface area contributed by atoms with Gasteiger partial charge in [0.1, 0.15) is 5.75 Å². The molecule has 0 bridgehead atoms. The molecule has 0 heterocycles. The predicted octanol–water partition coefficient (Wildman–Crippen LogP) is 2.85. The van der Waals surface area contributed by atoms with Gasteiger partial charge in [0, 0.05) is 6.61 Å². The molecule has 0 unspecified atom stereocenters. The van der Waals surface area contributed by atoms with Crippen LogP contribution in [0.1, 0.15) is 25.8 Å². The maximum atomic E-state index is 5.62. The van der Waals surface area contributed by atoms with Crippen molar-refractivity contribution in [2.75, 3.05) is 26.8 Å². The highest BCUT2D eigenvalue weighted by molar-refractivity contribution is 5.26. The molecule has 1 aromatic carbocycles. The second-order valence-corrected chi connectivity index (χ2v) is 4.85. The molecule has 3 nitrogen and oxygen atoms in total. The van der Waals surface area contributed by atoms with E-state index in [9.17, 15) is 0 Å². The Bertz CT molecular complexity index is 309. The Morgan fingerprint density at radius 3 is 2.50 bits per heavy atom. The molecule has 0 aliphatic rings. The molecule has 1 aromatic rings. The van der Waals surface area contributed by atoms with Gasteiger partial charge in [0.15, 0.2) is 0 Å². The van der Waals surface area contributed by atoms with Gasteiger partial charge in [-0.3, -0.25) is 0 Å². The molecule has 18 heavy (non-hydrogen) atoms. The van der Waals surface area contributed by atoms with Crippen LogP contribution in [0, 0.1) is 5.92 Å². The fourth-order valence-corrected chi connectivity index (χ4v) is 1.60. The number of nitrogens with one attached hydrogen (secondary N) is 1. The zero-order valence-electron chi connectivity index (χ0n) is 11.7. The van der Waals surface area contributed by atoms with Gasteiger partial charge in [-0.25, -0.2) is 0 Å². The topological polar surface area (TPSA) is 30.5 Å². The smallest absolute Gasteiger partial charge is 0.118 e. The lowest BCUT2D eigenvalue weighted by atomic mass is 10.2. The third-order valence-electron chi connectivity index (χ3n) is 2.62. The first-order chi connectivity index (χ1) is 8.72. The van der Waals surface area contributed by atoms with Gasteiger partial charge in [-0.05, 0) is 43.1 Å². The van der Waals surface area contributed by atoms with Gasteiger partial charge in [-0.2, -0.15) is 0 Å². The molecule has 0 radical (unpaired) electrons. The van der Waals surface area contributed by atoms with Crippen LogP contribution in [0.2, 0.25) is 0 Å². The summed E-state index contributed by atoms with van der Waals surface area (Å²) in [6.07, 6.45) is 1.06. The Balaban J connectivity index is 2.03. The van der Waals surface area contributed by atoms with Crippen molar-refractivity contribution in [3.8, 4) is 5.75 Å². The Kier molecular flexibility index (Phi) is 7.46. The lowest BCUT2D eigenvalue weighted by Gasteiger charge is -2.08. The SMILES string of the molecule is COc1ccc(COCCCNCC(C)C)cc1. The largest absolute Gasteiger partial charge is 0.497 e. The summed E-state index contributed by atoms with van der Waals surface area (Å²) in [5.74, 6) is 1.60. The number of hydrogen-bond acceptors (Lipinski definition) is 3. The first-order valence-electron chi connectivity index (χ1n) is 6.63. The third-order valence-corrected chi connectivity index (χ3v) is 2.62. The maximum Gasteiger partial charge on any atom is 0.118 e. The fraction of sp³-hybridized carbons (Fsp3) is 0.600. The van der Waals surface area contributed by atoms with Crippen molar-refractivity contribution in [1.82, 2.24) is 5.32 Å². The molecular weight excluding hydrogens is 226 g/mol. The fourth-order valence-electron chi connectivity index (χ4n) is 1.60. The summed E-state index contributed by atoms with van der Waals surface area (Å²) in [6, 6.07) is 8.00. The zero-order chi connectivity index (χ0) is 13.2. The minimum Gasteiger partial charge on any atom is -0.497 e. The molecule has 3 heteroatoms. The molecule has 1 N–H and O–H groups in total. The van der Waals surface area contributed by atoms with E-state index in [1.54, 1.807) is 7.11 Å². The van der Waals surface area contributed by atoms with Crippen molar-refractivity contribution in [2.45, 2.75) is 26.9 Å². The van der Waals surface area contributed by atoms with Crippen LogP contribution in [0.3, 0.4) is 0 Å². The molecule has 0 saturated heterocycles. The summed E-state index contributed by atoms with van der Waals surface area (Å²) < 4.78 is 10.7. The maximum absolute atomic E-state index is 5.62. The number of rotatable bonds is 9. The van der Waals surface area contributed by atoms with E-state index in [-0.39, 0.29) is 0 Å². The van der Waals surface area contributed by atoms with Crippen molar-refractivity contribution in [1.29, 1.82) is 0 Å². The molecule has 0 spiro atoms. The van der Waals surface area contributed by atoms with Gasteiger partial charge in [0.25, 0.3) is 0 Å². The Hall–Kier alpha value is -1.06. The van der Waals surface area contributed by atoms with Crippen LogP contribution in [0.4, 0.5) is 0 Å². The van der Waals surface area contributed by atoms with Crippen molar-refractivity contribution < 1.29 is 9.47 Å². The van der Waals surface area contributed by atoms with E-state index in [1.165, 1.54) is 5.56 Å². The van der Waals surface area contributed by atoms with Gasteiger partial charge in [-0.1, -0.05) is 26.0 Å². The van der Waals surface area contributed by atoms with Crippen molar-refractivity contribution in [3.05, 3.63) is 29.8 Å². The number of ether oxygens (including phenoxy) is 2. The van der Waals surface area contributed by atoms with Crippen molar-refractivity contribution >= 4 is 0 Å². The molecule has 0 amide bonds. The van der Waals surface area contributed by atoms with Crippen LogP contribution in [-0.2, 0) is 11.3 Å². The molecular formula is C15H25NO2. The highest BCUT2D eigenvalue weighted by Crippen LogP contribution is 2.11. The molecule has 102 valence electrons. The molecule has 0 aromatic heterocycles. The summed E-state index contributed by atoms with van der Waals surface area (Å²) in [7, 11) is 1.68. The van der Waals surface area contributed by atoms with Gasteiger partial charge in [0.05, 0.1) is 13.7 Å². The predicted molar refractivity (Wildman–Crippen MR) is 75.0 cm³/mol. The summed E-state index contributed by atoms with van der Waals surface area (Å²) in [5, 5.41) is 3.40. The highest BCUT2D eigenvalue weighted by atomic mass is 16.5. The van der Waals surface area contributed by atoms with Crippen LogP contribution in [0.5, 0.6) is 5.75 Å². The molecule has 0 aliphatic carbocycles. The van der Waals surface area contributed by atoms with Crippen LogP contribution < -0.4 is 10.1 Å². The monoisotopic (exact) mass is 251 g/mol. The van der Waals surface area contributed by atoms with Gasteiger partial charge >= 0.3 is 0 Å². The minimum absolute atomic E-state index is 0.675. The zero-order valence-corrected chi connectivity index (χ0v) is 11.7. The second kappa shape index (κ2) is 8.95. The van der Waals surface area contributed by atoms with Crippen molar-refractivity contribution in [3.63, 3.8) is 0 Å². The van der Waals surface area contributed by atoms with Crippen LogP contribution in [0.25, 0.3) is 0 Å². The Labute approximate surface area is 110 Å². The van der Waals surface area contributed by atoms with E-state index in [0.717, 1.165) is 31.9 Å². The average Bonchev–Trinajstić information content (AvgIpc) is 2.38. The lowest BCUT2D eigenvalue weighted by Crippen LogP contribution is -2.21. The standard InChI is InChI=1S/C15H25NO2/c1-13(2)11-16-9-4-10-18-12-14-5-7-15(17-3)8-6-14/h5-8,13,16H,4,9-12H2,1-3H3. The molecule has 0 atom stereocenters. The first kappa shape index (κ1) is 15.0. The lowest BCUT2D eigenvalue weighted by molar-refractivity contribution is 0.118. The molecule has 1 rings (SSSR count). The first-order valence-corrected chi connectivity index (χ1v) is 6.63. The number of benzene rings is 1. The number of hydrogen-bond donors (Lipinski definition) is 1.